The summed E-state index contributed by atoms with van der Waals surface area (Å²) in [5, 5.41) is 2.78. The van der Waals surface area contributed by atoms with Gasteiger partial charge in [-0.15, -0.1) is 0 Å². The maximum absolute atomic E-state index is 13.6. The minimum atomic E-state index is -0.508. The minimum Gasteiger partial charge on any atom is -0.466 e. The third-order valence-electron chi connectivity index (χ3n) is 2.33. The van der Waals surface area contributed by atoms with Gasteiger partial charge in [0.05, 0.1) is 18.7 Å². The van der Waals surface area contributed by atoms with Gasteiger partial charge in [0.15, 0.2) is 5.78 Å². The van der Waals surface area contributed by atoms with E-state index in [2.05, 4.69) is 5.32 Å². The Bertz CT molecular complexity index is 446. The van der Waals surface area contributed by atoms with Crippen LogP contribution in [0.15, 0.2) is 18.2 Å². The number of esters is 1. The number of benzene rings is 1. The fourth-order valence-corrected chi connectivity index (χ4v) is 1.41. The number of halogens is 1. The maximum atomic E-state index is 13.6. The molecular formula is C13H16FNO3. The van der Waals surface area contributed by atoms with Crippen molar-refractivity contribution in [3.05, 3.63) is 29.6 Å². The van der Waals surface area contributed by atoms with Crippen LogP contribution in [-0.2, 0) is 9.53 Å². The van der Waals surface area contributed by atoms with Crippen LogP contribution in [0.2, 0.25) is 0 Å². The van der Waals surface area contributed by atoms with Crippen LogP contribution in [0.3, 0.4) is 0 Å². The van der Waals surface area contributed by atoms with Crippen LogP contribution in [0.1, 0.15) is 30.6 Å². The van der Waals surface area contributed by atoms with E-state index in [0.29, 0.717) is 12.2 Å². The number of ketones is 1. The Kier molecular flexibility index (Phi) is 5.30. The first-order valence-electron chi connectivity index (χ1n) is 5.74. The lowest BCUT2D eigenvalue weighted by atomic mass is 10.1. The van der Waals surface area contributed by atoms with Crippen molar-refractivity contribution in [2.75, 3.05) is 18.5 Å². The zero-order valence-electron chi connectivity index (χ0n) is 10.5. The molecule has 98 valence electrons. The molecule has 1 aromatic rings. The minimum absolute atomic E-state index is 0.168. The molecule has 4 nitrogen and oxygen atoms in total. The molecule has 0 amide bonds. The van der Waals surface area contributed by atoms with Gasteiger partial charge in [-0.1, -0.05) is 0 Å². The van der Waals surface area contributed by atoms with Gasteiger partial charge in [0.25, 0.3) is 0 Å². The first-order chi connectivity index (χ1) is 8.54. The summed E-state index contributed by atoms with van der Waals surface area (Å²) in [6, 6.07) is 4.20. The predicted octanol–water partition coefficient (Wildman–Crippen LogP) is 2.39. The summed E-state index contributed by atoms with van der Waals surface area (Å²) >= 11 is 0. The molecule has 1 N–H and O–H groups in total. The summed E-state index contributed by atoms with van der Waals surface area (Å²) in [6.45, 7) is 3.73. The fourth-order valence-electron chi connectivity index (χ4n) is 1.41. The van der Waals surface area contributed by atoms with Gasteiger partial charge < -0.3 is 10.1 Å². The number of nitrogens with one attached hydrogen (secondary N) is 1. The summed E-state index contributed by atoms with van der Waals surface area (Å²) in [5.41, 5.74) is 0.591. The highest BCUT2D eigenvalue weighted by Gasteiger charge is 2.07. The number of hydrogen-bond acceptors (Lipinski definition) is 4. The number of ether oxygens (including phenoxy) is 1. The van der Waals surface area contributed by atoms with Crippen LogP contribution in [0.4, 0.5) is 10.1 Å². The van der Waals surface area contributed by atoms with Crippen LogP contribution in [0.25, 0.3) is 0 Å². The first-order valence-corrected chi connectivity index (χ1v) is 5.74. The second kappa shape index (κ2) is 6.74. The molecule has 18 heavy (non-hydrogen) atoms. The van der Waals surface area contributed by atoms with Crippen LogP contribution in [-0.4, -0.2) is 24.9 Å². The molecule has 0 fully saturated rings. The highest BCUT2D eigenvalue weighted by atomic mass is 19.1. The second-order valence-corrected chi connectivity index (χ2v) is 3.73. The van der Waals surface area contributed by atoms with Crippen LogP contribution >= 0.6 is 0 Å². The van der Waals surface area contributed by atoms with Crippen LogP contribution in [0.5, 0.6) is 0 Å². The summed E-state index contributed by atoms with van der Waals surface area (Å²) in [5.74, 6) is -1.02. The molecular weight excluding hydrogens is 237 g/mol. The number of Topliss-reactive ketones (excluding diaryl/α,β-unsaturated/α-hetero) is 1. The average Bonchev–Trinajstić information content (AvgIpc) is 2.31. The van der Waals surface area contributed by atoms with E-state index in [4.69, 9.17) is 4.74 Å². The lowest BCUT2D eigenvalue weighted by Crippen LogP contribution is -2.12. The molecule has 0 unspecified atom stereocenters. The van der Waals surface area contributed by atoms with E-state index < -0.39 is 5.82 Å². The molecule has 0 spiro atoms. The topological polar surface area (TPSA) is 55.4 Å². The standard InChI is InChI=1S/C13H16FNO3/c1-3-18-13(17)6-7-15-12-5-4-10(9(2)16)8-11(12)14/h4-5,8,15H,3,6-7H2,1-2H3. The molecule has 0 radical (unpaired) electrons. The van der Waals surface area contributed by atoms with Gasteiger partial charge in [0.1, 0.15) is 5.82 Å². The van der Waals surface area contributed by atoms with Gasteiger partial charge in [-0.2, -0.15) is 0 Å². The maximum Gasteiger partial charge on any atom is 0.307 e. The fraction of sp³-hybridized carbons (Fsp3) is 0.385. The number of anilines is 1. The van der Waals surface area contributed by atoms with E-state index in [1.807, 2.05) is 0 Å². The third kappa shape index (κ3) is 4.16. The number of hydrogen-bond donors (Lipinski definition) is 1. The molecule has 0 aliphatic rings. The van der Waals surface area contributed by atoms with Gasteiger partial charge in [-0.3, -0.25) is 9.59 Å². The van der Waals surface area contributed by atoms with E-state index in [9.17, 15) is 14.0 Å². The third-order valence-corrected chi connectivity index (χ3v) is 2.33. The van der Waals surface area contributed by atoms with Crippen molar-refractivity contribution in [3.8, 4) is 0 Å². The molecule has 0 atom stereocenters. The van der Waals surface area contributed by atoms with Crippen molar-refractivity contribution in [3.63, 3.8) is 0 Å². The molecule has 0 aliphatic heterocycles. The number of carbonyl (C=O) groups excluding carboxylic acids is 2. The summed E-state index contributed by atoms with van der Waals surface area (Å²) in [6.07, 6.45) is 0.168. The molecule has 1 aromatic carbocycles. The molecule has 0 saturated heterocycles. The molecule has 0 aromatic heterocycles. The largest absolute Gasteiger partial charge is 0.466 e. The first kappa shape index (κ1) is 14.2. The molecule has 0 saturated carbocycles. The van der Waals surface area contributed by atoms with Gasteiger partial charge in [-0.25, -0.2) is 4.39 Å². The zero-order chi connectivity index (χ0) is 13.5. The summed E-state index contributed by atoms with van der Waals surface area (Å²) < 4.78 is 18.3. The normalized spacial score (nSPS) is 9.94. The molecule has 0 heterocycles. The van der Waals surface area contributed by atoms with Crippen molar-refractivity contribution < 1.29 is 18.7 Å². The molecule has 0 bridgehead atoms. The number of carbonyl (C=O) groups is 2. The van der Waals surface area contributed by atoms with Crippen molar-refractivity contribution >= 4 is 17.4 Å². The molecule has 1 rings (SSSR count). The monoisotopic (exact) mass is 253 g/mol. The molecule has 5 heteroatoms. The van der Waals surface area contributed by atoms with Crippen molar-refractivity contribution in [2.45, 2.75) is 20.3 Å². The van der Waals surface area contributed by atoms with Crippen molar-refractivity contribution in [1.29, 1.82) is 0 Å². The lowest BCUT2D eigenvalue weighted by molar-refractivity contribution is -0.142. The predicted molar refractivity (Wildman–Crippen MR) is 66.1 cm³/mol. The molecule has 0 aliphatic carbocycles. The Balaban J connectivity index is 2.53. The van der Waals surface area contributed by atoms with Gasteiger partial charge in [-0.05, 0) is 32.0 Å². The zero-order valence-corrected chi connectivity index (χ0v) is 10.5. The van der Waals surface area contributed by atoms with Crippen LogP contribution in [0, 0.1) is 5.82 Å². The average molecular weight is 253 g/mol. The smallest absolute Gasteiger partial charge is 0.307 e. The van der Waals surface area contributed by atoms with E-state index in [0.717, 1.165) is 0 Å². The van der Waals surface area contributed by atoms with E-state index in [-0.39, 0.29) is 30.4 Å². The Morgan fingerprint density at radius 3 is 2.67 bits per heavy atom. The van der Waals surface area contributed by atoms with Gasteiger partial charge in [0.2, 0.25) is 0 Å². The SMILES string of the molecule is CCOC(=O)CCNc1ccc(C(C)=O)cc1F. The number of rotatable bonds is 6. The van der Waals surface area contributed by atoms with E-state index in [1.165, 1.54) is 25.1 Å². The summed E-state index contributed by atoms with van der Waals surface area (Å²) in [4.78, 5) is 22.1. The van der Waals surface area contributed by atoms with Gasteiger partial charge >= 0.3 is 5.97 Å². The Hall–Kier alpha value is -1.91. The highest BCUT2D eigenvalue weighted by Crippen LogP contribution is 2.16. The Morgan fingerprint density at radius 1 is 1.39 bits per heavy atom. The van der Waals surface area contributed by atoms with Crippen LogP contribution < -0.4 is 5.32 Å². The summed E-state index contributed by atoms with van der Waals surface area (Å²) in [7, 11) is 0. The Labute approximate surface area is 105 Å². The van der Waals surface area contributed by atoms with E-state index >= 15 is 0 Å². The van der Waals surface area contributed by atoms with Gasteiger partial charge in [0, 0.05) is 12.1 Å². The quantitative estimate of drug-likeness (QED) is 0.624. The van der Waals surface area contributed by atoms with Crippen molar-refractivity contribution in [1.82, 2.24) is 0 Å². The second-order valence-electron chi connectivity index (χ2n) is 3.73. The Morgan fingerprint density at radius 2 is 2.11 bits per heavy atom. The van der Waals surface area contributed by atoms with Crippen molar-refractivity contribution in [2.24, 2.45) is 0 Å². The lowest BCUT2D eigenvalue weighted by Gasteiger charge is -2.08. The van der Waals surface area contributed by atoms with E-state index in [1.54, 1.807) is 6.92 Å². The highest BCUT2D eigenvalue weighted by molar-refractivity contribution is 5.94.